The van der Waals surface area contributed by atoms with E-state index < -0.39 is 44.3 Å². The Bertz CT molecular complexity index is 1270. The van der Waals surface area contributed by atoms with Gasteiger partial charge in [-0.1, -0.05) is 18.2 Å². The number of allylic oxidation sites excluding steroid dienone is 1. The van der Waals surface area contributed by atoms with Crippen molar-refractivity contribution in [3.63, 3.8) is 0 Å². The van der Waals surface area contributed by atoms with Crippen LogP contribution in [0.15, 0.2) is 52.9 Å². The summed E-state index contributed by atoms with van der Waals surface area (Å²) < 4.78 is 85.6. The predicted octanol–water partition coefficient (Wildman–Crippen LogP) is 5.34. The van der Waals surface area contributed by atoms with E-state index in [1.54, 1.807) is 13.0 Å². The highest BCUT2D eigenvalue weighted by Crippen LogP contribution is 2.37. The molecule has 2 aromatic carbocycles. The van der Waals surface area contributed by atoms with E-state index in [1.165, 1.54) is 12.1 Å². The van der Waals surface area contributed by atoms with Gasteiger partial charge in [-0.15, -0.1) is 0 Å². The number of rotatable bonds is 4. The average molecular weight is 465 g/mol. The predicted molar refractivity (Wildman–Crippen MR) is 107 cm³/mol. The van der Waals surface area contributed by atoms with Gasteiger partial charge in [-0.25, -0.2) is 22.5 Å². The molecule has 0 unspecified atom stereocenters. The van der Waals surface area contributed by atoms with Crippen molar-refractivity contribution in [3.05, 3.63) is 82.3 Å². The Labute approximate surface area is 182 Å². The van der Waals surface area contributed by atoms with Gasteiger partial charge in [-0.3, -0.25) is 0 Å². The molecule has 1 aliphatic heterocycles. The molecule has 166 valence electrons. The summed E-state index contributed by atoms with van der Waals surface area (Å²) in [5.41, 5.74) is -1.39. The van der Waals surface area contributed by atoms with E-state index in [9.17, 15) is 26.0 Å². The number of benzene rings is 2. The van der Waals surface area contributed by atoms with Crippen molar-refractivity contribution in [1.82, 2.24) is 4.31 Å². The molecule has 0 aliphatic carbocycles. The number of hydrogen-bond acceptors (Lipinski definition) is 3. The quantitative estimate of drug-likeness (QED) is 0.348. The van der Waals surface area contributed by atoms with Crippen molar-refractivity contribution in [2.75, 3.05) is 13.1 Å². The van der Waals surface area contributed by atoms with Gasteiger partial charge in [0.15, 0.2) is 0 Å². The maximum Gasteiger partial charge on any atom is 0.415 e. The number of hydrogen-bond donors (Lipinski definition) is 0. The molecule has 1 heterocycles. The van der Waals surface area contributed by atoms with E-state index in [0.717, 1.165) is 16.4 Å². The van der Waals surface area contributed by atoms with E-state index in [0.29, 0.717) is 17.7 Å². The normalized spacial score (nSPS) is 18.3. The third-order valence-corrected chi connectivity index (χ3v) is 6.71. The van der Waals surface area contributed by atoms with Gasteiger partial charge in [0.25, 0.3) is 0 Å². The monoisotopic (exact) mass is 465 g/mol. The van der Waals surface area contributed by atoms with E-state index in [4.69, 9.17) is 17.9 Å². The Morgan fingerprint density at radius 1 is 1.12 bits per heavy atom. The van der Waals surface area contributed by atoms with E-state index in [1.807, 2.05) is 0 Å². The molecule has 1 fully saturated rings. The largest absolute Gasteiger partial charge is 0.485 e. The lowest BCUT2D eigenvalue weighted by Crippen LogP contribution is -2.31. The maximum atomic E-state index is 13.9. The molecule has 1 atom stereocenters. The molecule has 0 bridgehead atoms. The zero-order chi connectivity index (χ0) is 23.7. The number of sulfonamides is 1. The number of nitrogens with zero attached hydrogens (tertiary/aromatic N) is 3. The lowest BCUT2D eigenvalue weighted by Gasteiger charge is -2.18. The summed E-state index contributed by atoms with van der Waals surface area (Å²) in [7, 11) is -4.31. The SMILES string of the molecule is [C-]#[N+]c1ccc(O[C@H]2CN(S(=O)(=O)c3ccc(C(F)(F)F)cc3[N+]#[C-])C/C2=C\C)cc1F. The summed E-state index contributed by atoms with van der Waals surface area (Å²) in [6.45, 7) is 15.4. The van der Waals surface area contributed by atoms with Crippen LogP contribution in [0.3, 0.4) is 0 Å². The van der Waals surface area contributed by atoms with Gasteiger partial charge >= 0.3 is 6.18 Å². The van der Waals surface area contributed by atoms with Crippen LogP contribution < -0.4 is 4.74 Å². The second kappa shape index (κ2) is 8.61. The highest BCUT2D eigenvalue weighted by atomic mass is 32.2. The Morgan fingerprint density at radius 2 is 1.81 bits per heavy atom. The van der Waals surface area contributed by atoms with Crippen LogP contribution in [0.4, 0.5) is 28.9 Å². The van der Waals surface area contributed by atoms with Crippen LogP contribution in [0, 0.1) is 19.0 Å². The van der Waals surface area contributed by atoms with E-state index in [2.05, 4.69) is 9.69 Å². The van der Waals surface area contributed by atoms with Crippen molar-refractivity contribution < 1.29 is 30.7 Å². The molecular weight excluding hydrogens is 450 g/mol. The average Bonchev–Trinajstić information content (AvgIpc) is 3.16. The first-order valence-electron chi connectivity index (χ1n) is 9.09. The standard InChI is InChI=1S/C21H15F4N3O3S/c1-4-13-11-28(12-19(13)31-15-6-7-17(26-2)16(22)10-15)32(29,30)20-8-5-14(21(23,24)25)9-18(20)27-3/h4-10,19H,11-12H2,1H3/b13-4+/t19-/m0/s1. The molecule has 1 saturated heterocycles. The van der Waals surface area contributed by atoms with E-state index >= 15 is 0 Å². The lowest BCUT2D eigenvalue weighted by atomic mass is 10.2. The molecule has 6 nitrogen and oxygen atoms in total. The highest BCUT2D eigenvalue weighted by Gasteiger charge is 2.39. The maximum absolute atomic E-state index is 13.9. The van der Waals surface area contributed by atoms with Gasteiger partial charge in [0.05, 0.1) is 24.6 Å². The van der Waals surface area contributed by atoms with Gasteiger partial charge in [0, 0.05) is 18.2 Å². The third kappa shape index (κ3) is 4.44. The summed E-state index contributed by atoms with van der Waals surface area (Å²) in [5, 5.41) is 0. The number of ether oxygens (including phenoxy) is 1. The Morgan fingerprint density at radius 3 is 2.38 bits per heavy atom. The third-order valence-electron chi connectivity index (χ3n) is 4.86. The summed E-state index contributed by atoms with van der Waals surface area (Å²) in [4.78, 5) is 5.44. The van der Waals surface area contributed by atoms with Gasteiger partial charge in [-0.05, 0) is 30.7 Å². The first kappa shape index (κ1) is 23.3. The molecule has 32 heavy (non-hydrogen) atoms. The fourth-order valence-electron chi connectivity index (χ4n) is 3.20. The molecule has 0 aromatic heterocycles. The first-order valence-corrected chi connectivity index (χ1v) is 10.5. The zero-order valence-electron chi connectivity index (χ0n) is 16.5. The summed E-state index contributed by atoms with van der Waals surface area (Å²) in [6, 6.07) is 5.53. The minimum atomic E-state index is -4.72. The lowest BCUT2D eigenvalue weighted by molar-refractivity contribution is -0.137. The molecule has 3 rings (SSSR count). The molecular formula is C21H15F4N3O3S. The first-order chi connectivity index (χ1) is 15.0. The number of halogens is 4. The molecule has 2 aromatic rings. The molecule has 0 N–H and O–H groups in total. The molecule has 1 aliphatic rings. The molecule has 0 spiro atoms. The summed E-state index contributed by atoms with van der Waals surface area (Å²) in [5.74, 6) is -0.691. The van der Waals surface area contributed by atoms with Gasteiger partial charge in [0.1, 0.15) is 17.7 Å². The Hall–Kier alpha value is -3.41. The van der Waals surface area contributed by atoms with Crippen LogP contribution in [0.1, 0.15) is 12.5 Å². The van der Waals surface area contributed by atoms with Crippen LogP contribution in [0.2, 0.25) is 0 Å². The van der Waals surface area contributed by atoms with Crippen molar-refractivity contribution >= 4 is 21.4 Å². The van der Waals surface area contributed by atoms with Crippen molar-refractivity contribution in [3.8, 4) is 5.75 Å². The Balaban J connectivity index is 1.90. The molecule has 0 radical (unpaired) electrons. The smallest absolute Gasteiger partial charge is 0.415 e. The van der Waals surface area contributed by atoms with Crippen molar-refractivity contribution in [2.45, 2.75) is 24.1 Å². The topological polar surface area (TPSA) is 55.3 Å². The van der Waals surface area contributed by atoms with Crippen molar-refractivity contribution in [2.24, 2.45) is 0 Å². The second-order valence-corrected chi connectivity index (χ2v) is 8.69. The van der Waals surface area contributed by atoms with Gasteiger partial charge in [0.2, 0.25) is 21.4 Å². The van der Waals surface area contributed by atoms with Crippen LogP contribution >= 0.6 is 0 Å². The van der Waals surface area contributed by atoms with Crippen molar-refractivity contribution in [1.29, 1.82) is 0 Å². The fraction of sp³-hybridized carbons (Fsp3) is 0.238. The van der Waals surface area contributed by atoms with Gasteiger partial charge < -0.3 is 4.74 Å². The Kier molecular flexibility index (Phi) is 6.26. The van der Waals surface area contributed by atoms with Crippen LogP contribution in [0.25, 0.3) is 9.69 Å². The molecule has 11 heteroatoms. The molecule has 0 saturated carbocycles. The van der Waals surface area contributed by atoms with E-state index in [-0.39, 0.29) is 24.5 Å². The fourth-order valence-corrected chi connectivity index (χ4v) is 4.74. The van der Waals surface area contributed by atoms with Crippen LogP contribution in [-0.4, -0.2) is 31.9 Å². The highest BCUT2D eigenvalue weighted by molar-refractivity contribution is 7.89. The second-order valence-electron chi connectivity index (χ2n) is 6.78. The zero-order valence-corrected chi connectivity index (χ0v) is 17.3. The summed E-state index contributed by atoms with van der Waals surface area (Å²) in [6.07, 6.45) is -3.87. The van der Waals surface area contributed by atoms with Crippen LogP contribution in [0.5, 0.6) is 5.75 Å². The number of alkyl halides is 3. The van der Waals surface area contributed by atoms with Gasteiger partial charge in [-0.2, -0.15) is 17.5 Å². The minimum Gasteiger partial charge on any atom is -0.485 e. The minimum absolute atomic E-state index is 0.0925. The summed E-state index contributed by atoms with van der Waals surface area (Å²) >= 11 is 0. The molecule has 0 amide bonds. The van der Waals surface area contributed by atoms with Crippen LogP contribution in [-0.2, 0) is 16.2 Å².